The van der Waals surface area contributed by atoms with E-state index in [-0.39, 0.29) is 55.2 Å². The van der Waals surface area contributed by atoms with Gasteiger partial charge in [0.15, 0.2) is 0 Å². The second-order valence-corrected chi connectivity index (χ2v) is 8.74. The summed E-state index contributed by atoms with van der Waals surface area (Å²) >= 11 is 0. The highest BCUT2D eigenvalue weighted by Gasteiger charge is 2.39. The molecule has 3 aliphatic rings. The molecule has 3 amide bonds. The number of nitrogens with one attached hydrogen (secondary N) is 2. The molecule has 2 N–H and O–H groups in total. The topological polar surface area (TPSA) is 106 Å². The Morgan fingerprint density at radius 1 is 1.19 bits per heavy atom. The van der Waals surface area contributed by atoms with Crippen LogP contribution >= 0.6 is 0 Å². The third-order valence-corrected chi connectivity index (χ3v) is 6.58. The molecular formula is C23H31N3O6. The first kappa shape index (κ1) is 22.4. The molecule has 9 nitrogen and oxygen atoms in total. The van der Waals surface area contributed by atoms with Gasteiger partial charge >= 0.3 is 12.0 Å². The zero-order valence-electron chi connectivity index (χ0n) is 18.6. The standard InChI is InChI=1S/C23H31N3O6/c1-26-18-9-8-16(12-21(27)30-2)32-20(18)13-31-19-10-7-15(11-17(19)22(26)28)25-23(29)24-14-5-3-4-6-14/h7,10-11,14,16,18,20H,3-6,8-9,12-13H2,1-2H3,(H2,24,25,29)/t16-,18-,20+/m0/s1. The Morgan fingerprint density at radius 3 is 2.72 bits per heavy atom. The Kier molecular flexibility index (Phi) is 6.83. The number of likely N-dealkylation sites (N-methyl/N-ethyl adjacent to an activating group) is 1. The van der Waals surface area contributed by atoms with Crippen LogP contribution in [-0.4, -0.2) is 67.9 Å². The van der Waals surface area contributed by atoms with E-state index in [4.69, 9.17) is 14.2 Å². The summed E-state index contributed by atoms with van der Waals surface area (Å²) in [5.41, 5.74) is 0.945. The first-order valence-electron chi connectivity index (χ1n) is 11.3. The van der Waals surface area contributed by atoms with E-state index < -0.39 is 0 Å². The van der Waals surface area contributed by atoms with Crippen LogP contribution in [0.3, 0.4) is 0 Å². The van der Waals surface area contributed by atoms with E-state index in [1.165, 1.54) is 7.11 Å². The van der Waals surface area contributed by atoms with Gasteiger partial charge in [-0.3, -0.25) is 9.59 Å². The summed E-state index contributed by atoms with van der Waals surface area (Å²) in [5, 5.41) is 5.81. The van der Waals surface area contributed by atoms with Crippen molar-refractivity contribution >= 4 is 23.6 Å². The fraction of sp³-hybridized carbons (Fsp3) is 0.609. The minimum Gasteiger partial charge on any atom is -0.490 e. The molecule has 1 aromatic carbocycles. The Morgan fingerprint density at radius 2 is 1.97 bits per heavy atom. The average molecular weight is 446 g/mol. The molecule has 1 saturated heterocycles. The number of amides is 3. The quantitative estimate of drug-likeness (QED) is 0.691. The average Bonchev–Trinajstić information content (AvgIpc) is 3.29. The molecule has 2 heterocycles. The maximum atomic E-state index is 13.3. The molecule has 0 unspecified atom stereocenters. The molecule has 0 spiro atoms. The molecule has 174 valence electrons. The lowest BCUT2D eigenvalue weighted by atomic mass is 9.94. The monoisotopic (exact) mass is 445 g/mol. The van der Waals surface area contributed by atoms with E-state index in [1.807, 2.05) is 0 Å². The largest absolute Gasteiger partial charge is 0.490 e. The molecule has 0 radical (unpaired) electrons. The number of urea groups is 1. The van der Waals surface area contributed by atoms with Gasteiger partial charge < -0.3 is 29.7 Å². The van der Waals surface area contributed by atoms with Crippen LogP contribution < -0.4 is 15.4 Å². The van der Waals surface area contributed by atoms with Gasteiger partial charge in [0.1, 0.15) is 18.5 Å². The number of carbonyl (C=O) groups is 3. The van der Waals surface area contributed by atoms with Crippen LogP contribution in [0.2, 0.25) is 0 Å². The number of benzene rings is 1. The number of hydrogen-bond acceptors (Lipinski definition) is 6. The van der Waals surface area contributed by atoms with Crippen molar-refractivity contribution in [3.8, 4) is 5.75 Å². The highest BCUT2D eigenvalue weighted by molar-refractivity contribution is 5.99. The third kappa shape index (κ3) is 4.98. The van der Waals surface area contributed by atoms with E-state index in [0.717, 1.165) is 25.7 Å². The summed E-state index contributed by atoms with van der Waals surface area (Å²) in [7, 11) is 3.11. The molecule has 0 aromatic heterocycles. The molecule has 1 aromatic rings. The minimum absolute atomic E-state index is 0.160. The fourth-order valence-electron chi connectivity index (χ4n) is 4.80. The van der Waals surface area contributed by atoms with Crippen molar-refractivity contribution in [2.75, 3.05) is 26.1 Å². The van der Waals surface area contributed by atoms with Crippen LogP contribution in [0.4, 0.5) is 10.5 Å². The highest BCUT2D eigenvalue weighted by Crippen LogP contribution is 2.32. The molecule has 2 aliphatic heterocycles. The highest BCUT2D eigenvalue weighted by atomic mass is 16.5. The predicted molar refractivity (Wildman–Crippen MR) is 117 cm³/mol. The van der Waals surface area contributed by atoms with Crippen LogP contribution in [0, 0.1) is 0 Å². The Hall–Kier alpha value is -2.81. The summed E-state index contributed by atoms with van der Waals surface area (Å²) in [4.78, 5) is 38.9. The van der Waals surface area contributed by atoms with E-state index in [9.17, 15) is 14.4 Å². The summed E-state index contributed by atoms with van der Waals surface area (Å²) in [5.74, 6) is -0.0581. The van der Waals surface area contributed by atoms with E-state index >= 15 is 0 Å². The first-order valence-corrected chi connectivity index (χ1v) is 11.3. The van der Waals surface area contributed by atoms with Gasteiger partial charge in [0, 0.05) is 18.8 Å². The zero-order chi connectivity index (χ0) is 22.7. The summed E-state index contributed by atoms with van der Waals surface area (Å²) in [6, 6.07) is 4.87. The van der Waals surface area contributed by atoms with Crippen LogP contribution in [0.25, 0.3) is 0 Å². The molecular weight excluding hydrogens is 414 g/mol. The Bertz CT molecular complexity index is 869. The second kappa shape index (κ2) is 9.77. The summed E-state index contributed by atoms with van der Waals surface area (Å²) < 4.78 is 16.8. The number of ether oxygens (including phenoxy) is 3. The maximum Gasteiger partial charge on any atom is 0.319 e. The van der Waals surface area contributed by atoms with Crippen molar-refractivity contribution in [3.05, 3.63) is 23.8 Å². The van der Waals surface area contributed by atoms with E-state index in [2.05, 4.69) is 10.6 Å². The number of fused-ring (bicyclic) bond motifs is 2. The normalized spacial score (nSPS) is 25.6. The molecule has 9 heteroatoms. The van der Waals surface area contributed by atoms with Crippen molar-refractivity contribution in [1.29, 1.82) is 0 Å². The van der Waals surface area contributed by atoms with Crippen LogP contribution in [0.5, 0.6) is 5.75 Å². The number of esters is 1. The van der Waals surface area contributed by atoms with Gasteiger partial charge in [-0.25, -0.2) is 4.79 Å². The Balaban J connectivity index is 1.45. The van der Waals surface area contributed by atoms with Gasteiger partial charge in [0.25, 0.3) is 5.91 Å². The lowest BCUT2D eigenvalue weighted by molar-refractivity contribution is -0.151. The molecule has 4 rings (SSSR count). The summed E-state index contributed by atoms with van der Waals surface area (Å²) in [6.45, 7) is 0.266. The van der Waals surface area contributed by atoms with Crippen LogP contribution in [-0.2, 0) is 14.3 Å². The number of rotatable bonds is 4. The smallest absolute Gasteiger partial charge is 0.319 e. The van der Waals surface area contributed by atoms with Gasteiger partial charge in [0.2, 0.25) is 0 Å². The molecule has 1 aliphatic carbocycles. The first-order chi connectivity index (χ1) is 15.4. The van der Waals surface area contributed by atoms with Gasteiger partial charge in [-0.15, -0.1) is 0 Å². The van der Waals surface area contributed by atoms with Crippen molar-refractivity contribution in [1.82, 2.24) is 10.2 Å². The minimum atomic E-state index is -0.338. The second-order valence-electron chi connectivity index (χ2n) is 8.74. The van der Waals surface area contributed by atoms with Gasteiger partial charge in [-0.2, -0.15) is 0 Å². The van der Waals surface area contributed by atoms with E-state index in [1.54, 1.807) is 30.1 Å². The van der Waals surface area contributed by atoms with Crippen LogP contribution in [0.1, 0.15) is 55.3 Å². The third-order valence-electron chi connectivity index (χ3n) is 6.58. The van der Waals surface area contributed by atoms with Crippen LogP contribution in [0.15, 0.2) is 18.2 Å². The molecule has 1 saturated carbocycles. The van der Waals surface area contributed by atoms with Gasteiger partial charge in [-0.1, -0.05) is 12.8 Å². The number of methoxy groups -OCH3 is 1. The maximum absolute atomic E-state index is 13.3. The molecule has 0 bridgehead atoms. The van der Waals surface area contributed by atoms with Crippen molar-refractivity contribution < 1.29 is 28.6 Å². The lowest BCUT2D eigenvalue weighted by Gasteiger charge is -2.42. The van der Waals surface area contributed by atoms with Crippen molar-refractivity contribution in [2.45, 2.75) is 69.2 Å². The zero-order valence-corrected chi connectivity index (χ0v) is 18.6. The predicted octanol–water partition coefficient (Wildman–Crippen LogP) is 2.69. The molecule has 2 fully saturated rings. The Labute approximate surface area is 187 Å². The van der Waals surface area contributed by atoms with Gasteiger partial charge in [0.05, 0.1) is 31.2 Å². The SMILES string of the molecule is COC(=O)C[C@@H]1CC[C@H]2[C@@H](COc3ccc(NC(=O)NC4CCCC4)cc3C(=O)N2C)O1. The van der Waals surface area contributed by atoms with Gasteiger partial charge in [-0.05, 0) is 43.9 Å². The summed E-state index contributed by atoms with van der Waals surface area (Å²) in [6.07, 6.45) is 5.23. The van der Waals surface area contributed by atoms with E-state index in [0.29, 0.717) is 29.8 Å². The number of carbonyl (C=O) groups excluding carboxylic acids is 3. The lowest BCUT2D eigenvalue weighted by Crippen LogP contribution is -2.53. The number of nitrogens with zero attached hydrogens (tertiary/aromatic N) is 1. The number of hydrogen-bond donors (Lipinski definition) is 2. The number of anilines is 1. The van der Waals surface area contributed by atoms with Crippen molar-refractivity contribution in [3.63, 3.8) is 0 Å². The molecule has 3 atom stereocenters. The fourth-order valence-corrected chi connectivity index (χ4v) is 4.80. The van der Waals surface area contributed by atoms with Crippen molar-refractivity contribution in [2.24, 2.45) is 0 Å². The molecule has 32 heavy (non-hydrogen) atoms.